The topological polar surface area (TPSA) is 59.2 Å². The Labute approximate surface area is 127 Å². The molecule has 0 aliphatic rings. The van der Waals surface area contributed by atoms with Gasteiger partial charge in [0.05, 0.1) is 11.9 Å². The number of hydrogen-bond acceptors (Lipinski definition) is 3. The summed E-state index contributed by atoms with van der Waals surface area (Å²) in [5.41, 5.74) is 2.21. The molecule has 1 heterocycles. The Bertz CT molecular complexity index is 901. The maximum absolute atomic E-state index is 11.5. The lowest BCUT2D eigenvalue weighted by Gasteiger charge is -2.05. The quantitative estimate of drug-likeness (QED) is 0.746. The van der Waals surface area contributed by atoms with Crippen molar-refractivity contribution in [1.29, 1.82) is 0 Å². The van der Waals surface area contributed by atoms with E-state index in [1.54, 1.807) is 18.2 Å². The number of hydrogen-bond donors (Lipinski definition) is 1. The van der Waals surface area contributed by atoms with Crippen molar-refractivity contribution in [2.24, 2.45) is 0 Å². The van der Waals surface area contributed by atoms with Crippen molar-refractivity contribution in [2.45, 2.75) is 0 Å². The van der Waals surface area contributed by atoms with Crippen LogP contribution in [-0.4, -0.2) is 19.7 Å². The van der Waals surface area contributed by atoms with Crippen LogP contribution < -0.4 is 4.18 Å². The van der Waals surface area contributed by atoms with Gasteiger partial charge in [0, 0.05) is 21.5 Å². The Kier molecular flexibility index (Phi) is 3.39. The molecular formula is C15H12ClNO3S. The summed E-state index contributed by atoms with van der Waals surface area (Å²) in [4.78, 5) is 3.18. The van der Waals surface area contributed by atoms with Crippen LogP contribution >= 0.6 is 11.6 Å². The largest absolute Gasteiger partial charge is 0.380 e. The average Bonchev–Trinajstić information content (AvgIpc) is 2.76. The molecular weight excluding hydrogens is 310 g/mol. The highest BCUT2D eigenvalue weighted by atomic mass is 35.5. The van der Waals surface area contributed by atoms with Crippen molar-refractivity contribution in [3.63, 3.8) is 0 Å². The maximum Gasteiger partial charge on any atom is 0.306 e. The fourth-order valence-corrected chi connectivity index (χ4v) is 2.83. The molecule has 0 aliphatic heterocycles. The Balaban J connectivity index is 2.30. The zero-order chi connectivity index (χ0) is 15.0. The van der Waals surface area contributed by atoms with E-state index in [2.05, 4.69) is 4.98 Å². The average molecular weight is 322 g/mol. The number of fused-ring (bicyclic) bond motifs is 1. The van der Waals surface area contributed by atoms with Gasteiger partial charge in [-0.2, -0.15) is 8.42 Å². The molecule has 3 rings (SSSR count). The molecule has 108 valence electrons. The van der Waals surface area contributed by atoms with Gasteiger partial charge in [-0.25, -0.2) is 0 Å². The number of aromatic amines is 1. The van der Waals surface area contributed by atoms with Crippen LogP contribution in [0.2, 0.25) is 5.02 Å². The van der Waals surface area contributed by atoms with Gasteiger partial charge in [0.1, 0.15) is 0 Å². The van der Waals surface area contributed by atoms with Crippen molar-refractivity contribution in [3.05, 3.63) is 53.6 Å². The third kappa shape index (κ3) is 2.89. The van der Waals surface area contributed by atoms with E-state index in [4.69, 9.17) is 15.8 Å². The van der Waals surface area contributed by atoms with E-state index in [0.29, 0.717) is 16.1 Å². The van der Waals surface area contributed by atoms with E-state index < -0.39 is 10.1 Å². The van der Waals surface area contributed by atoms with Gasteiger partial charge in [-0.3, -0.25) is 0 Å². The van der Waals surface area contributed by atoms with Crippen LogP contribution in [0, 0.1) is 0 Å². The summed E-state index contributed by atoms with van der Waals surface area (Å²) in [5.74, 6) is 0.265. The highest BCUT2D eigenvalue weighted by Crippen LogP contribution is 2.38. The maximum atomic E-state index is 11.5. The molecule has 6 heteroatoms. The van der Waals surface area contributed by atoms with Crippen LogP contribution in [-0.2, 0) is 10.1 Å². The van der Waals surface area contributed by atoms with Crippen LogP contribution in [0.15, 0.2) is 48.5 Å². The van der Waals surface area contributed by atoms with Gasteiger partial charge in [-0.05, 0) is 18.2 Å². The summed E-state index contributed by atoms with van der Waals surface area (Å²) in [6.45, 7) is 0. The molecule has 2 aromatic carbocycles. The first-order chi connectivity index (χ1) is 9.94. The van der Waals surface area contributed by atoms with Crippen LogP contribution in [0.3, 0.4) is 0 Å². The molecule has 0 amide bonds. The first-order valence-electron chi connectivity index (χ1n) is 6.20. The first kappa shape index (κ1) is 14.0. The number of nitrogens with one attached hydrogen (secondary N) is 1. The van der Waals surface area contributed by atoms with E-state index in [1.165, 1.54) is 0 Å². The second-order valence-corrected chi connectivity index (χ2v) is 6.68. The Hall–Kier alpha value is -1.98. The minimum absolute atomic E-state index is 0.265. The zero-order valence-electron chi connectivity index (χ0n) is 11.1. The lowest BCUT2D eigenvalue weighted by Crippen LogP contribution is -2.06. The van der Waals surface area contributed by atoms with E-state index in [-0.39, 0.29) is 5.75 Å². The third-order valence-electron chi connectivity index (χ3n) is 3.01. The minimum atomic E-state index is -3.64. The standard InChI is InChI=1S/C15H12ClNO3S/c1-21(18,19)20-15-12-9-11(16)7-8-13(12)17-14(15)10-5-3-2-4-6-10/h2-9,17H,1H3. The van der Waals surface area contributed by atoms with Crippen LogP contribution in [0.5, 0.6) is 5.75 Å². The van der Waals surface area contributed by atoms with Crippen molar-refractivity contribution in [1.82, 2.24) is 4.98 Å². The number of H-pyrrole nitrogens is 1. The Morgan fingerprint density at radius 2 is 1.81 bits per heavy atom. The van der Waals surface area contributed by atoms with Crippen molar-refractivity contribution < 1.29 is 12.6 Å². The predicted molar refractivity (Wildman–Crippen MR) is 84.2 cm³/mol. The molecule has 0 saturated carbocycles. The molecule has 3 aromatic rings. The van der Waals surface area contributed by atoms with Gasteiger partial charge in [0.2, 0.25) is 0 Å². The van der Waals surface area contributed by atoms with E-state index in [9.17, 15) is 8.42 Å². The molecule has 0 spiro atoms. The summed E-state index contributed by atoms with van der Waals surface area (Å²) in [6.07, 6.45) is 1.02. The Morgan fingerprint density at radius 3 is 2.48 bits per heavy atom. The zero-order valence-corrected chi connectivity index (χ0v) is 12.7. The first-order valence-corrected chi connectivity index (χ1v) is 8.39. The molecule has 1 N–H and O–H groups in total. The second-order valence-electron chi connectivity index (χ2n) is 4.67. The summed E-state index contributed by atoms with van der Waals surface area (Å²) in [7, 11) is -3.64. The minimum Gasteiger partial charge on any atom is -0.380 e. The SMILES string of the molecule is CS(=O)(=O)Oc1c(-c2ccccc2)[nH]c2ccc(Cl)cc12. The molecule has 0 unspecified atom stereocenters. The second kappa shape index (κ2) is 5.09. The highest BCUT2D eigenvalue weighted by molar-refractivity contribution is 7.86. The predicted octanol–water partition coefficient (Wildman–Crippen LogP) is 3.83. The number of halogens is 1. The summed E-state index contributed by atoms with van der Waals surface area (Å²) >= 11 is 6.00. The van der Waals surface area contributed by atoms with Gasteiger partial charge >= 0.3 is 10.1 Å². The van der Waals surface area contributed by atoms with E-state index in [0.717, 1.165) is 17.3 Å². The fourth-order valence-electron chi connectivity index (χ4n) is 2.19. The molecule has 21 heavy (non-hydrogen) atoms. The Morgan fingerprint density at radius 1 is 1.10 bits per heavy atom. The lowest BCUT2D eigenvalue weighted by atomic mass is 10.1. The fraction of sp³-hybridized carbons (Fsp3) is 0.0667. The summed E-state index contributed by atoms with van der Waals surface area (Å²) in [5, 5.41) is 1.14. The van der Waals surface area contributed by atoms with Gasteiger partial charge < -0.3 is 9.17 Å². The van der Waals surface area contributed by atoms with Gasteiger partial charge in [0.15, 0.2) is 5.75 Å². The van der Waals surface area contributed by atoms with Gasteiger partial charge in [-0.1, -0.05) is 41.9 Å². The van der Waals surface area contributed by atoms with Gasteiger partial charge in [-0.15, -0.1) is 0 Å². The summed E-state index contributed by atoms with van der Waals surface area (Å²) in [6, 6.07) is 14.6. The van der Waals surface area contributed by atoms with E-state index >= 15 is 0 Å². The summed E-state index contributed by atoms with van der Waals surface area (Å²) < 4.78 is 28.3. The van der Waals surface area contributed by atoms with Crippen molar-refractivity contribution in [2.75, 3.05) is 6.26 Å². The smallest absolute Gasteiger partial charge is 0.306 e. The van der Waals surface area contributed by atoms with Crippen LogP contribution in [0.25, 0.3) is 22.2 Å². The molecule has 0 bridgehead atoms. The number of rotatable bonds is 3. The highest BCUT2D eigenvalue weighted by Gasteiger charge is 2.18. The molecule has 1 aromatic heterocycles. The molecule has 0 atom stereocenters. The van der Waals surface area contributed by atoms with Crippen molar-refractivity contribution in [3.8, 4) is 17.0 Å². The molecule has 0 radical (unpaired) electrons. The van der Waals surface area contributed by atoms with E-state index in [1.807, 2.05) is 30.3 Å². The number of benzene rings is 2. The third-order valence-corrected chi connectivity index (χ3v) is 3.71. The van der Waals surface area contributed by atoms with Gasteiger partial charge in [0.25, 0.3) is 0 Å². The number of aromatic nitrogens is 1. The molecule has 0 aliphatic carbocycles. The van der Waals surface area contributed by atoms with Crippen LogP contribution in [0.1, 0.15) is 0 Å². The molecule has 4 nitrogen and oxygen atoms in total. The monoisotopic (exact) mass is 321 g/mol. The molecule has 0 fully saturated rings. The molecule has 0 saturated heterocycles. The van der Waals surface area contributed by atoms with Crippen molar-refractivity contribution >= 4 is 32.6 Å². The lowest BCUT2D eigenvalue weighted by molar-refractivity contribution is 0.496. The normalized spacial score (nSPS) is 11.7. The van der Waals surface area contributed by atoms with Crippen LogP contribution in [0.4, 0.5) is 0 Å².